The Morgan fingerprint density at radius 2 is 2.19 bits per heavy atom. The maximum Gasteiger partial charge on any atom is 0.246 e. The molecule has 26 heavy (non-hydrogen) atoms. The summed E-state index contributed by atoms with van der Waals surface area (Å²) >= 11 is 0. The third-order valence-electron chi connectivity index (χ3n) is 4.33. The maximum absolute atomic E-state index is 12.5. The molecule has 0 bridgehead atoms. The predicted molar refractivity (Wildman–Crippen MR) is 93.9 cm³/mol. The van der Waals surface area contributed by atoms with Crippen LogP contribution in [-0.4, -0.2) is 46.8 Å². The van der Waals surface area contributed by atoms with E-state index in [-0.39, 0.29) is 18.8 Å². The number of ether oxygens (including phenoxy) is 3. The first-order chi connectivity index (χ1) is 12.8. The minimum absolute atomic E-state index is 0.0323. The summed E-state index contributed by atoms with van der Waals surface area (Å²) in [7, 11) is 0. The van der Waals surface area contributed by atoms with Crippen molar-refractivity contribution in [1.29, 1.82) is 0 Å². The van der Waals surface area contributed by atoms with E-state index in [1.165, 1.54) is 0 Å². The van der Waals surface area contributed by atoms with Crippen LogP contribution in [0.15, 0.2) is 42.9 Å². The van der Waals surface area contributed by atoms with E-state index in [1.807, 2.05) is 18.2 Å². The predicted octanol–water partition coefficient (Wildman–Crippen LogP) is 2.29. The SMILES string of the molecule is O=C(/C=C/c1ccc2c(c1)OCO2)N1CCC[C@@H](Oc2cnccn2)C1. The molecule has 1 fully saturated rings. The van der Waals surface area contributed by atoms with Crippen LogP contribution in [0.4, 0.5) is 0 Å². The van der Waals surface area contributed by atoms with Crippen molar-refractivity contribution in [2.45, 2.75) is 18.9 Å². The molecule has 134 valence electrons. The zero-order valence-electron chi connectivity index (χ0n) is 14.2. The molecule has 0 unspecified atom stereocenters. The molecule has 1 saturated heterocycles. The third kappa shape index (κ3) is 3.77. The normalized spacial score (nSPS) is 18.9. The molecule has 1 aromatic heterocycles. The molecule has 2 aliphatic heterocycles. The lowest BCUT2D eigenvalue weighted by molar-refractivity contribution is -0.128. The van der Waals surface area contributed by atoms with Gasteiger partial charge in [0.15, 0.2) is 11.5 Å². The number of likely N-dealkylation sites (tertiary alicyclic amines) is 1. The Kier molecular flexibility index (Phi) is 4.68. The number of nitrogens with zero attached hydrogens (tertiary/aromatic N) is 3. The van der Waals surface area contributed by atoms with Crippen molar-refractivity contribution in [2.75, 3.05) is 19.9 Å². The van der Waals surface area contributed by atoms with Gasteiger partial charge in [0.1, 0.15) is 6.10 Å². The van der Waals surface area contributed by atoms with Gasteiger partial charge in [0.05, 0.1) is 12.7 Å². The summed E-state index contributed by atoms with van der Waals surface area (Å²) in [4.78, 5) is 22.4. The quantitative estimate of drug-likeness (QED) is 0.785. The van der Waals surface area contributed by atoms with Gasteiger partial charge in [0, 0.05) is 25.0 Å². The van der Waals surface area contributed by atoms with E-state index in [0.29, 0.717) is 18.2 Å². The molecule has 0 spiro atoms. The third-order valence-corrected chi connectivity index (χ3v) is 4.33. The fourth-order valence-corrected chi connectivity index (χ4v) is 3.04. The van der Waals surface area contributed by atoms with Crippen molar-refractivity contribution in [1.82, 2.24) is 14.9 Å². The molecule has 1 atom stereocenters. The highest BCUT2D eigenvalue weighted by atomic mass is 16.7. The van der Waals surface area contributed by atoms with Crippen LogP contribution in [-0.2, 0) is 4.79 Å². The van der Waals surface area contributed by atoms with Crippen molar-refractivity contribution in [3.05, 3.63) is 48.4 Å². The Labute approximate surface area is 151 Å². The van der Waals surface area contributed by atoms with Crippen molar-refractivity contribution >= 4 is 12.0 Å². The fraction of sp³-hybridized carbons (Fsp3) is 0.316. The van der Waals surface area contributed by atoms with Gasteiger partial charge in [-0.2, -0.15) is 0 Å². The van der Waals surface area contributed by atoms with Crippen LogP contribution in [0, 0.1) is 0 Å². The second kappa shape index (κ2) is 7.43. The van der Waals surface area contributed by atoms with Gasteiger partial charge in [0.25, 0.3) is 0 Å². The number of carbonyl (C=O) groups is 1. The molecule has 2 aromatic rings. The van der Waals surface area contributed by atoms with Gasteiger partial charge in [-0.1, -0.05) is 6.07 Å². The lowest BCUT2D eigenvalue weighted by Gasteiger charge is -2.31. The second-order valence-corrected chi connectivity index (χ2v) is 6.16. The van der Waals surface area contributed by atoms with E-state index in [9.17, 15) is 4.79 Å². The molecule has 3 heterocycles. The molecule has 0 N–H and O–H groups in total. The average molecular weight is 353 g/mol. The Balaban J connectivity index is 1.36. The van der Waals surface area contributed by atoms with Crippen molar-refractivity contribution < 1.29 is 19.0 Å². The first-order valence-corrected chi connectivity index (χ1v) is 8.57. The number of amides is 1. The summed E-state index contributed by atoms with van der Waals surface area (Å²) in [5, 5.41) is 0. The van der Waals surface area contributed by atoms with Gasteiger partial charge in [-0.25, -0.2) is 4.98 Å². The monoisotopic (exact) mass is 353 g/mol. The molecule has 0 radical (unpaired) electrons. The summed E-state index contributed by atoms with van der Waals surface area (Å²) in [6.45, 7) is 1.51. The highest BCUT2D eigenvalue weighted by molar-refractivity contribution is 5.92. The zero-order chi connectivity index (χ0) is 17.8. The molecule has 0 aliphatic carbocycles. The van der Waals surface area contributed by atoms with Crippen LogP contribution in [0.1, 0.15) is 18.4 Å². The summed E-state index contributed by atoms with van der Waals surface area (Å²) < 4.78 is 16.5. The highest BCUT2D eigenvalue weighted by Crippen LogP contribution is 2.32. The first kappa shape index (κ1) is 16.4. The summed E-state index contributed by atoms with van der Waals surface area (Å²) in [6.07, 6.45) is 9.88. The number of benzene rings is 1. The molecular weight excluding hydrogens is 334 g/mol. The van der Waals surface area contributed by atoms with Crippen molar-refractivity contribution in [2.24, 2.45) is 0 Å². The standard InChI is InChI=1S/C19H19N3O4/c23-19(6-4-14-3-5-16-17(10-14)25-13-24-16)22-9-1-2-15(12-22)26-18-11-20-7-8-21-18/h3-8,10-11,15H,1-2,9,12-13H2/b6-4+/t15-/m1/s1. The minimum atomic E-state index is -0.0663. The highest BCUT2D eigenvalue weighted by Gasteiger charge is 2.24. The summed E-state index contributed by atoms with van der Waals surface area (Å²) in [6, 6.07) is 5.61. The number of rotatable bonds is 4. The van der Waals surface area contributed by atoms with Crippen molar-refractivity contribution in [3.8, 4) is 17.4 Å². The number of carbonyl (C=O) groups excluding carboxylic acids is 1. The number of fused-ring (bicyclic) bond motifs is 1. The van der Waals surface area contributed by atoms with Crippen LogP contribution in [0.3, 0.4) is 0 Å². The molecular formula is C19H19N3O4. The van der Waals surface area contributed by atoms with Crippen molar-refractivity contribution in [3.63, 3.8) is 0 Å². The Morgan fingerprint density at radius 1 is 1.27 bits per heavy atom. The number of hydrogen-bond donors (Lipinski definition) is 0. The lowest BCUT2D eigenvalue weighted by Crippen LogP contribution is -2.43. The van der Waals surface area contributed by atoms with E-state index in [1.54, 1.807) is 35.6 Å². The van der Waals surface area contributed by atoms with Crippen LogP contribution in [0.5, 0.6) is 17.4 Å². The van der Waals surface area contributed by atoms with Crippen LogP contribution in [0.2, 0.25) is 0 Å². The molecule has 1 aromatic carbocycles. The number of aromatic nitrogens is 2. The Bertz CT molecular complexity index is 810. The lowest BCUT2D eigenvalue weighted by atomic mass is 10.1. The van der Waals surface area contributed by atoms with Gasteiger partial charge < -0.3 is 19.1 Å². The van der Waals surface area contributed by atoms with E-state index >= 15 is 0 Å². The van der Waals surface area contributed by atoms with Gasteiger partial charge in [0.2, 0.25) is 18.6 Å². The van der Waals surface area contributed by atoms with Gasteiger partial charge >= 0.3 is 0 Å². The first-order valence-electron chi connectivity index (χ1n) is 8.57. The van der Waals surface area contributed by atoms with Crippen LogP contribution in [0.25, 0.3) is 6.08 Å². The summed E-state index contributed by atoms with van der Waals surface area (Å²) in [5.41, 5.74) is 0.895. The second-order valence-electron chi connectivity index (χ2n) is 6.16. The average Bonchev–Trinajstić information content (AvgIpc) is 3.15. The molecule has 1 amide bonds. The summed E-state index contributed by atoms with van der Waals surface area (Å²) in [5.74, 6) is 1.89. The van der Waals surface area contributed by atoms with Crippen LogP contribution >= 0.6 is 0 Å². The minimum Gasteiger partial charge on any atom is -0.471 e. The topological polar surface area (TPSA) is 73.8 Å². The Morgan fingerprint density at radius 3 is 3.08 bits per heavy atom. The van der Waals surface area contributed by atoms with E-state index in [4.69, 9.17) is 14.2 Å². The smallest absolute Gasteiger partial charge is 0.246 e. The van der Waals surface area contributed by atoms with Crippen LogP contribution < -0.4 is 14.2 Å². The number of piperidine rings is 1. The molecule has 2 aliphatic rings. The van der Waals surface area contributed by atoms with E-state index in [0.717, 1.165) is 30.7 Å². The van der Waals surface area contributed by atoms with Gasteiger partial charge in [-0.15, -0.1) is 0 Å². The van der Waals surface area contributed by atoms with E-state index < -0.39 is 0 Å². The molecule has 7 nitrogen and oxygen atoms in total. The Hall–Kier alpha value is -3.09. The maximum atomic E-state index is 12.5. The fourth-order valence-electron chi connectivity index (χ4n) is 3.04. The molecule has 4 rings (SSSR count). The van der Waals surface area contributed by atoms with Gasteiger partial charge in [-0.05, 0) is 36.6 Å². The zero-order valence-corrected chi connectivity index (χ0v) is 14.2. The number of hydrogen-bond acceptors (Lipinski definition) is 6. The van der Waals surface area contributed by atoms with Gasteiger partial charge in [-0.3, -0.25) is 9.78 Å². The molecule has 7 heteroatoms. The molecule has 0 saturated carbocycles. The van der Waals surface area contributed by atoms with E-state index in [2.05, 4.69) is 9.97 Å². The largest absolute Gasteiger partial charge is 0.471 e.